The molecule has 0 atom stereocenters. The zero-order chi connectivity index (χ0) is 12.3. The molecular formula is C14H10O3. The fraction of sp³-hybridized carbons (Fsp3) is 0.0714. The lowest BCUT2D eigenvalue weighted by atomic mass is 9.97. The number of carboxylic acids is 1. The summed E-state index contributed by atoms with van der Waals surface area (Å²) in [4.78, 5) is 21.5. The van der Waals surface area contributed by atoms with Crippen molar-refractivity contribution in [3.63, 3.8) is 0 Å². The fourth-order valence-electron chi connectivity index (χ4n) is 1.83. The Morgan fingerprint density at radius 1 is 1.12 bits per heavy atom. The molecule has 0 fully saturated rings. The van der Waals surface area contributed by atoms with Crippen molar-refractivity contribution in [2.75, 3.05) is 0 Å². The molecule has 0 radical (unpaired) electrons. The largest absolute Gasteiger partial charge is 0.481 e. The summed E-state index contributed by atoms with van der Waals surface area (Å²) in [5, 5.41) is 10.6. The predicted molar refractivity (Wildman–Crippen MR) is 65.3 cm³/mol. The molecular weight excluding hydrogens is 216 g/mol. The molecule has 0 aliphatic heterocycles. The third-order valence-electron chi connectivity index (χ3n) is 2.57. The van der Waals surface area contributed by atoms with Gasteiger partial charge < -0.3 is 5.11 Å². The molecule has 17 heavy (non-hydrogen) atoms. The van der Waals surface area contributed by atoms with E-state index in [1.54, 1.807) is 18.1 Å². The van der Waals surface area contributed by atoms with E-state index in [2.05, 4.69) is 0 Å². The van der Waals surface area contributed by atoms with Gasteiger partial charge in [-0.2, -0.15) is 0 Å². The van der Waals surface area contributed by atoms with Crippen molar-refractivity contribution in [2.24, 2.45) is 0 Å². The van der Waals surface area contributed by atoms with E-state index in [4.69, 9.17) is 5.11 Å². The maximum Gasteiger partial charge on any atom is 0.308 e. The van der Waals surface area contributed by atoms with Gasteiger partial charge in [-0.25, -0.2) is 4.79 Å². The summed E-state index contributed by atoms with van der Waals surface area (Å²) in [6.07, 6.45) is -0.308. The highest BCUT2D eigenvalue weighted by atomic mass is 16.4. The van der Waals surface area contributed by atoms with Gasteiger partial charge in [0.1, 0.15) is 5.94 Å². The Labute approximate surface area is 98.0 Å². The zero-order valence-corrected chi connectivity index (χ0v) is 9.01. The van der Waals surface area contributed by atoms with E-state index in [0.29, 0.717) is 5.56 Å². The number of hydrogen-bond donors (Lipinski definition) is 1. The highest BCUT2D eigenvalue weighted by Crippen LogP contribution is 2.25. The van der Waals surface area contributed by atoms with Crippen LogP contribution in [0, 0.1) is 0 Å². The molecule has 0 saturated heterocycles. The quantitative estimate of drug-likeness (QED) is 0.818. The van der Waals surface area contributed by atoms with Crippen molar-refractivity contribution in [1.29, 1.82) is 0 Å². The van der Waals surface area contributed by atoms with Gasteiger partial charge in [0.2, 0.25) is 0 Å². The SMILES string of the molecule is O=C=C(CC(=O)O)c1cccc2ccccc12. The molecule has 0 unspecified atom stereocenters. The first-order valence-corrected chi connectivity index (χ1v) is 5.16. The van der Waals surface area contributed by atoms with E-state index in [9.17, 15) is 9.59 Å². The topological polar surface area (TPSA) is 54.4 Å². The van der Waals surface area contributed by atoms with Gasteiger partial charge in [0.25, 0.3) is 0 Å². The van der Waals surface area contributed by atoms with Crippen molar-refractivity contribution in [3.8, 4) is 0 Å². The molecule has 0 aromatic heterocycles. The minimum Gasteiger partial charge on any atom is -0.481 e. The highest BCUT2D eigenvalue weighted by molar-refractivity contribution is 6.04. The highest BCUT2D eigenvalue weighted by Gasteiger charge is 2.10. The average molecular weight is 226 g/mol. The Morgan fingerprint density at radius 2 is 1.82 bits per heavy atom. The number of benzene rings is 2. The summed E-state index contributed by atoms with van der Waals surface area (Å²) in [6.45, 7) is 0. The Hall–Kier alpha value is -2.38. The second kappa shape index (κ2) is 4.64. The summed E-state index contributed by atoms with van der Waals surface area (Å²) in [5.41, 5.74) is 0.815. The van der Waals surface area contributed by atoms with Crippen LogP contribution < -0.4 is 0 Å². The van der Waals surface area contributed by atoms with Crippen LogP contribution in [0.15, 0.2) is 42.5 Å². The van der Waals surface area contributed by atoms with Gasteiger partial charge in [0.15, 0.2) is 0 Å². The van der Waals surface area contributed by atoms with Gasteiger partial charge in [-0.05, 0) is 16.3 Å². The Balaban J connectivity index is 2.62. The lowest BCUT2D eigenvalue weighted by Gasteiger charge is -2.05. The van der Waals surface area contributed by atoms with Crippen LogP contribution >= 0.6 is 0 Å². The second-order valence-electron chi connectivity index (χ2n) is 3.68. The molecule has 0 bridgehead atoms. The standard InChI is InChI=1S/C14H10O3/c15-9-11(8-14(16)17)13-7-3-5-10-4-1-2-6-12(10)13/h1-7H,8H2,(H,16,17). The van der Waals surface area contributed by atoms with Gasteiger partial charge in [0, 0.05) is 0 Å². The van der Waals surface area contributed by atoms with E-state index in [1.165, 1.54) is 0 Å². The number of fused-ring (bicyclic) bond motifs is 1. The van der Waals surface area contributed by atoms with Crippen LogP contribution in [0.3, 0.4) is 0 Å². The van der Waals surface area contributed by atoms with Crippen LogP contribution in [0.5, 0.6) is 0 Å². The van der Waals surface area contributed by atoms with Gasteiger partial charge in [-0.1, -0.05) is 42.5 Å². The van der Waals surface area contributed by atoms with Crippen LogP contribution in [0.1, 0.15) is 12.0 Å². The first-order chi connectivity index (χ1) is 8.22. The molecule has 0 spiro atoms. The number of carboxylic acid groups (broad SMARTS) is 1. The first-order valence-electron chi connectivity index (χ1n) is 5.16. The number of rotatable bonds is 3. The van der Waals surface area contributed by atoms with Gasteiger partial charge in [-0.15, -0.1) is 0 Å². The Bertz CT molecular complexity index is 617. The Morgan fingerprint density at radius 3 is 2.53 bits per heavy atom. The van der Waals surface area contributed by atoms with E-state index >= 15 is 0 Å². The van der Waals surface area contributed by atoms with Crippen LogP contribution in [-0.2, 0) is 9.59 Å². The van der Waals surface area contributed by atoms with Gasteiger partial charge in [-0.3, -0.25) is 4.79 Å². The maximum absolute atomic E-state index is 10.9. The summed E-state index contributed by atoms with van der Waals surface area (Å²) < 4.78 is 0. The molecule has 2 aromatic carbocycles. The molecule has 3 heteroatoms. The van der Waals surface area contributed by atoms with E-state index in [-0.39, 0.29) is 12.0 Å². The van der Waals surface area contributed by atoms with E-state index in [0.717, 1.165) is 10.8 Å². The molecule has 0 amide bonds. The maximum atomic E-state index is 10.9. The third-order valence-corrected chi connectivity index (χ3v) is 2.57. The summed E-state index contributed by atoms with van der Waals surface area (Å²) >= 11 is 0. The number of carbonyl (C=O) groups is 1. The van der Waals surface area contributed by atoms with Crippen molar-refractivity contribution >= 4 is 28.3 Å². The van der Waals surface area contributed by atoms with Crippen molar-refractivity contribution in [1.82, 2.24) is 0 Å². The summed E-state index contributed by atoms with van der Waals surface area (Å²) in [6, 6.07) is 13.0. The summed E-state index contributed by atoms with van der Waals surface area (Å²) in [5.74, 6) is 0.696. The fourth-order valence-corrected chi connectivity index (χ4v) is 1.83. The normalized spacial score (nSPS) is 9.88. The molecule has 0 aliphatic rings. The minimum absolute atomic E-state index is 0.175. The number of carbonyl (C=O) groups excluding carboxylic acids is 1. The van der Waals surface area contributed by atoms with Crippen molar-refractivity contribution < 1.29 is 14.7 Å². The first kappa shape index (κ1) is 11.1. The molecule has 0 heterocycles. The van der Waals surface area contributed by atoms with Crippen LogP contribution in [0.4, 0.5) is 0 Å². The zero-order valence-electron chi connectivity index (χ0n) is 9.01. The minimum atomic E-state index is -1.03. The van der Waals surface area contributed by atoms with E-state index < -0.39 is 5.97 Å². The predicted octanol–water partition coefficient (Wildman–Crippen LogP) is 2.53. The number of aliphatic carboxylic acids is 1. The molecule has 84 valence electrons. The smallest absolute Gasteiger partial charge is 0.308 e. The van der Waals surface area contributed by atoms with Crippen LogP contribution in [0.25, 0.3) is 16.3 Å². The molecule has 2 aromatic rings. The lowest BCUT2D eigenvalue weighted by molar-refractivity contribution is -0.135. The monoisotopic (exact) mass is 226 g/mol. The van der Waals surface area contributed by atoms with Crippen molar-refractivity contribution in [2.45, 2.75) is 6.42 Å². The molecule has 1 N–H and O–H groups in total. The molecule has 0 saturated carbocycles. The summed E-state index contributed by atoms with van der Waals surface area (Å²) in [7, 11) is 0. The Kier molecular flexibility index (Phi) is 3.03. The van der Waals surface area contributed by atoms with Gasteiger partial charge >= 0.3 is 5.97 Å². The van der Waals surface area contributed by atoms with Crippen LogP contribution in [0.2, 0.25) is 0 Å². The second-order valence-corrected chi connectivity index (χ2v) is 3.68. The van der Waals surface area contributed by atoms with Crippen molar-refractivity contribution in [3.05, 3.63) is 48.0 Å². The molecule has 3 nitrogen and oxygen atoms in total. The lowest BCUT2D eigenvalue weighted by Crippen LogP contribution is -1.98. The van der Waals surface area contributed by atoms with Gasteiger partial charge in [0.05, 0.1) is 12.0 Å². The van der Waals surface area contributed by atoms with E-state index in [1.807, 2.05) is 30.3 Å². The molecule has 2 rings (SSSR count). The average Bonchev–Trinajstić information content (AvgIpc) is 2.35. The number of hydrogen-bond acceptors (Lipinski definition) is 2. The molecule has 0 aliphatic carbocycles. The third kappa shape index (κ3) is 2.25. The van der Waals surface area contributed by atoms with Crippen LogP contribution in [-0.4, -0.2) is 17.0 Å².